The van der Waals surface area contributed by atoms with E-state index >= 15 is 0 Å². The van der Waals surface area contributed by atoms with Crippen molar-refractivity contribution >= 4 is 53.5 Å². The van der Waals surface area contributed by atoms with Crippen LogP contribution in [-0.2, 0) is 0 Å². The van der Waals surface area contributed by atoms with Crippen molar-refractivity contribution in [2.75, 3.05) is 0 Å². The molecule has 0 aliphatic carbocycles. The van der Waals surface area contributed by atoms with Crippen LogP contribution >= 0.6 is 47.8 Å². The quantitative estimate of drug-likeness (QED) is 0.545. The summed E-state index contributed by atoms with van der Waals surface area (Å²) in [6, 6.07) is 2.59. The average molecular weight is 470 g/mol. The van der Waals surface area contributed by atoms with Gasteiger partial charge >= 0.3 is 0 Å². The van der Waals surface area contributed by atoms with Crippen LogP contribution in [0.2, 0.25) is 0 Å². The Bertz CT molecular complexity index is 724. The maximum absolute atomic E-state index is 11.4. The first-order chi connectivity index (χ1) is 9.40. The second-order valence-electron chi connectivity index (χ2n) is 3.45. The molecule has 1 heterocycles. The predicted molar refractivity (Wildman–Crippen MR) is 81.1 cm³/mol. The highest BCUT2D eigenvalue weighted by molar-refractivity contribution is 9.11. The molecule has 0 saturated carbocycles. The molecule has 1 aromatic carbocycles. The van der Waals surface area contributed by atoms with Crippen LogP contribution in [0, 0.1) is 10.1 Å². The Morgan fingerprint density at radius 1 is 1.25 bits per heavy atom. The molecule has 7 nitrogen and oxygen atoms in total. The van der Waals surface area contributed by atoms with Gasteiger partial charge < -0.3 is 9.72 Å². The molecule has 20 heavy (non-hydrogen) atoms. The van der Waals surface area contributed by atoms with E-state index < -0.39 is 10.5 Å². The zero-order chi connectivity index (χ0) is 14.9. The number of nitrogens with one attached hydrogen (secondary N) is 1. The minimum absolute atomic E-state index is 0.0454. The fraction of sp³-hybridized carbons (Fsp3) is 0. The number of halogens is 3. The van der Waals surface area contributed by atoms with Gasteiger partial charge in [-0.15, -0.1) is 0 Å². The highest BCUT2D eigenvalue weighted by Gasteiger charge is 2.17. The number of hydrogen-bond donors (Lipinski definition) is 1. The number of aromatic nitrogens is 2. The highest BCUT2D eigenvalue weighted by Crippen LogP contribution is 2.40. The molecule has 0 atom stereocenters. The Balaban J connectivity index is 2.47. The first-order valence-electron chi connectivity index (χ1n) is 4.94. The Labute approximate surface area is 136 Å². The fourth-order valence-corrected chi connectivity index (χ4v) is 2.91. The summed E-state index contributed by atoms with van der Waals surface area (Å²) in [4.78, 5) is 27.9. The van der Waals surface area contributed by atoms with Crippen molar-refractivity contribution in [3.05, 3.63) is 52.3 Å². The number of ether oxygens (including phenoxy) is 1. The molecule has 0 amide bonds. The Kier molecular flexibility index (Phi) is 4.55. The molecule has 104 valence electrons. The predicted octanol–water partition coefficient (Wildman–Crippen LogP) is 3.76. The third-order valence-electron chi connectivity index (χ3n) is 2.16. The standard InChI is InChI=1S/C10H4Br3N3O4/c11-5-1-4(16(18)19)2-6(12)8(5)20-10-7(13)9(17)14-3-15-10/h1-3H,(H,14,15,17). The molecule has 0 unspecified atom stereocenters. The number of nitrogens with zero attached hydrogens (tertiary/aromatic N) is 2. The number of hydrogen-bond acceptors (Lipinski definition) is 5. The third kappa shape index (κ3) is 3.07. The topological polar surface area (TPSA) is 98.1 Å². The van der Waals surface area contributed by atoms with Gasteiger partial charge in [0.1, 0.15) is 4.47 Å². The normalized spacial score (nSPS) is 10.3. The first kappa shape index (κ1) is 15.1. The molecule has 0 aliphatic rings. The second-order valence-corrected chi connectivity index (χ2v) is 5.95. The smallest absolute Gasteiger partial charge is 0.271 e. The second kappa shape index (κ2) is 6.02. The van der Waals surface area contributed by atoms with E-state index in [0.29, 0.717) is 8.95 Å². The fourth-order valence-electron chi connectivity index (χ4n) is 1.28. The summed E-state index contributed by atoms with van der Waals surface area (Å²) in [6.45, 7) is 0. The molecule has 10 heteroatoms. The van der Waals surface area contributed by atoms with Crippen molar-refractivity contribution < 1.29 is 9.66 Å². The van der Waals surface area contributed by atoms with Crippen molar-refractivity contribution in [2.45, 2.75) is 0 Å². The SMILES string of the molecule is O=c1[nH]cnc(Oc2c(Br)cc([N+](=O)[O-])cc2Br)c1Br. The minimum atomic E-state index is -0.527. The summed E-state index contributed by atoms with van der Waals surface area (Å²) in [6.07, 6.45) is 1.19. The maximum atomic E-state index is 11.4. The largest absolute Gasteiger partial charge is 0.435 e. The lowest BCUT2D eigenvalue weighted by atomic mass is 10.3. The number of non-ortho nitro benzene ring substituents is 1. The van der Waals surface area contributed by atoms with E-state index in [-0.39, 0.29) is 21.8 Å². The summed E-state index contributed by atoms with van der Waals surface area (Å²) in [7, 11) is 0. The molecular formula is C10H4Br3N3O4. The molecule has 0 radical (unpaired) electrons. The van der Waals surface area contributed by atoms with E-state index in [0.717, 1.165) is 0 Å². The van der Waals surface area contributed by atoms with Gasteiger partial charge in [-0.1, -0.05) is 0 Å². The minimum Gasteiger partial charge on any atom is -0.435 e. The molecule has 0 fully saturated rings. The van der Waals surface area contributed by atoms with Crippen LogP contribution in [0.1, 0.15) is 0 Å². The number of H-pyrrole nitrogens is 1. The summed E-state index contributed by atoms with van der Waals surface area (Å²) in [5.74, 6) is 0.318. The molecule has 2 rings (SSSR count). The molecule has 0 bridgehead atoms. The lowest BCUT2D eigenvalue weighted by Crippen LogP contribution is -2.08. The maximum Gasteiger partial charge on any atom is 0.271 e. The van der Waals surface area contributed by atoms with Crippen LogP contribution in [0.3, 0.4) is 0 Å². The summed E-state index contributed by atoms with van der Waals surface area (Å²) >= 11 is 9.41. The molecule has 1 N–H and O–H groups in total. The van der Waals surface area contributed by atoms with Gasteiger partial charge in [0.15, 0.2) is 5.75 Å². The van der Waals surface area contributed by atoms with Gasteiger partial charge in [0, 0.05) is 12.1 Å². The van der Waals surface area contributed by atoms with Crippen molar-refractivity contribution in [3.8, 4) is 11.6 Å². The van der Waals surface area contributed by atoms with Gasteiger partial charge in [-0.25, -0.2) is 4.98 Å². The van der Waals surface area contributed by atoms with Gasteiger partial charge in [-0.3, -0.25) is 14.9 Å². The molecule has 1 aromatic heterocycles. The van der Waals surface area contributed by atoms with E-state index in [2.05, 4.69) is 57.8 Å². The monoisotopic (exact) mass is 467 g/mol. The average Bonchev–Trinajstić information content (AvgIpc) is 2.38. The molecular weight excluding hydrogens is 466 g/mol. The summed E-state index contributed by atoms with van der Waals surface area (Å²) in [5, 5.41) is 10.7. The van der Waals surface area contributed by atoms with Crippen LogP contribution in [0.15, 0.2) is 36.7 Å². The first-order valence-corrected chi connectivity index (χ1v) is 7.32. The van der Waals surface area contributed by atoms with E-state index in [4.69, 9.17) is 4.74 Å². The summed E-state index contributed by atoms with van der Waals surface area (Å²) < 4.78 is 6.32. The van der Waals surface area contributed by atoms with E-state index in [1.807, 2.05) is 0 Å². The number of benzene rings is 1. The Morgan fingerprint density at radius 3 is 2.40 bits per heavy atom. The van der Waals surface area contributed by atoms with Gasteiger partial charge in [0.05, 0.1) is 20.2 Å². The molecule has 0 spiro atoms. The molecule has 0 saturated heterocycles. The van der Waals surface area contributed by atoms with Crippen LogP contribution < -0.4 is 10.3 Å². The van der Waals surface area contributed by atoms with E-state index in [1.165, 1.54) is 18.5 Å². The van der Waals surface area contributed by atoms with Crippen molar-refractivity contribution in [1.29, 1.82) is 0 Å². The van der Waals surface area contributed by atoms with Crippen molar-refractivity contribution in [3.63, 3.8) is 0 Å². The van der Waals surface area contributed by atoms with Gasteiger partial charge in [-0.05, 0) is 47.8 Å². The van der Waals surface area contributed by atoms with Gasteiger partial charge in [0.2, 0.25) is 5.88 Å². The third-order valence-corrected chi connectivity index (χ3v) is 4.03. The molecule has 2 aromatic rings. The van der Waals surface area contributed by atoms with Crippen LogP contribution in [-0.4, -0.2) is 14.9 Å². The number of nitro groups is 1. The zero-order valence-corrected chi connectivity index (χ0v) is 14.2. The lowest BCUT2D eigenvalue weighted by Gasteiger charge is -2.09. The summed E-state index contributed by atoms with van der Waals surface area (Å²) in [5.41, 5.74) is -0.502. The Morgan fingerprint density at radius 2 is 1.85 bits per heavy atom. The van der Waals surface area contributed by atoms with Gasteiger partial charge in [-0.2, -0.15) is 0 Å². The highest BCUT2D eigenvalue weighted by atomic mass is 79.9. The van der Waals surface area contributed by atoms with E-state index in [9.17, 15) is 14.9 Å². The molecule has 0 aliphatic heterocycles. The Hall–Kier alpha value is -1.26. The zero-order valence-electron chi connectivity index (χ0n) is 9.39. The number of aromatic amines is 1. The van der Waals surface area contributed by atoms with Crippen LogP contribution in [0.5, 0.6) is 11.6 Å². The number of nitro benzene ring substituents is 1. The van der Waals surface area contributed by atoms with Gasteiger partial charge in [0.25, 0.3) is 11.2 Å². The van der Waals surface area contributed by atoms with Crippen molar-refractivity contribution in [2.24, 2.45) is 0 Å². The van der Waals surface area contributed by atoms with E-state index in [1.54, 1.807) is 0 Å². The van der Waals surface area contributed by atoms with Crippen LogP contribution in [0.25, 0.3) is 0 Å². The lowest BCUT2D eigenvalue weighted by molar-refractivity contribution is -0.385. The number of rotatable bonds is 3. The van der Waals surface area contributed by atoms with Crippen LogP contribution in [0.4, 0.5) is 5.69 Å². The van der Waals surface area contributed by atoms with Crippen molar-refractivity contribution in [1.82, 2.24) is 9.97 Å².